The molecule has 1 N–H and O–H groups in total. The highest BCUT2D eigenvalue weighted by Gasteiger charge is 2.43. The standard InChI is InChI=1S/C14H19BrN2O3S/c1-20-13-6-10(15)7-14(8-13)21(18,19)17-11-2-3-12(17)9-16-5-4-11/h6-8,11-12,16H,2-5,9H2,1H3. The Hall–Kier alpha value is -0.630. The molecule has 1 aromatic carbocycles. The van der Waals surface area contributed by atoms with Crippen molar-refractivity contribution in [1.82, 2.24) is 9.62 Å². The molecule has 2 bridgehead atoms. The minimum atomic E-state index is -3.49. The van der Waals surface area contributed by atoms with E-state index >= 15 is 0 Å². The summed E-state index contributed by atoms with van der Waals surface area (Å²) in [6.07, 6.45) is 2.76. The maximum atomic E-state index is 13.0. The summed E-state index contributed by atoms with van der Waals surface area (Å²) < 4.78 is 33.7. The van der Waals surface area contributed by atoms with Crippen molar-refractivity contribution < 1.29 is 13.2 Å². The van der Waals surface area contributed by atoms with Crippen molar-refractivity contribution in [2.75, 3.05) is 20.2 Å². The third-order valence-corrected chi connectivity index (χ3v) is 6.68. The van der Waals surface area contributed by atoms with Crippen molar-refractivity contribution in [1.29, 1.82) is 0 Å². The van der Waals surface area contributed by atoms with Gasteiger partial charge in [0, 0.05) is 29.2 Å². The van der Waals surface area contributed by atoms with Gasteiger partial charge in [-0.3, -0.25) is 0 Å². The molecule has 2 fully saturated rings. The molecule has 2 unspecified atom stereocenters. The maximum Gasteiger partial charge on any atom is 0.243 e. The van der Waals surface area contributed by atoms with E-state index in [4.69, 9.17) is 4.74 Å². The van der Waals surface area contributed by atoms with Crippen molar-refractivity contribution in [3.8, 4) is 5.75 Å². The first kappa shape index (κ1) is 15.3. The van der Waals surface area contributed by atoms with E-state index in [0.29, 0.717) is 15.1 Å². The molecule has 116 valence electrons. The first-order valence-corrected chi connectivity index (χ1v) is 9.34. The highest BCUT2D eigenvalue weighted by atomic mass is 79.9. The number of halogens is 1. The molecule has 2 atom stereocenters. The Labute approximate surface area is 133 Å². The first-order chi connectivity index (χ1) is 10.0. The summed E-state index contributed by atoms with van der Waals surface area (Å²) >= 11 is 3.36. The zero-order valence-electron chi connectivity index (χ0n) is 11.9. The Morgan fingerprint density at radius 3 is 2.76 bits per heavy atom. The number of hydrogen-bond donors (Lipinski definition) is 1. The van der Waals surface area contributed by atoms with Gasteiger partial charge in [0.1, 0.15) is 5.75 Å². The summed E-state index contributed by atoms with van der Waals surface area (Å²) in [5.41, 5.74) is 0. The second-order valence-corrected chi connectivity index (χ2v) is 8.30. The van der Waals surface area contributed by atoms with E-state index in [2.05, 4.69) is 21.2 Å². The van der Waals surface area contributed by atoms with Crippen LogP contribution in [0.15, 0.2) is 27.6 Å². The molecule has 0 saturated carbocycles. The minimum Gasteiger partial charge on any atom is -0.497 e. The second kappa shape index (κ2) is 5.87. The number of ether oxygens (including phenoxy) is 1. The SMILES string of the molecule is COc1cc(Br)cc(S(=O)(=O)N2C3CCNCC2CC3)c1. The fourth-order valence-corrected chi connectivity index (χ4v) is 5.84. The number of methoxy groups -OCH3 is 1. The van der Waals surface area contributed by atoms with Crippen LogP contribution in [-0.2, 0) is 10.0 Å². The highest BCUT2D eigenvalue weighted by molar-refractivity contribution is 9.10. The number of fused-ring (bicyclic) bond motifs is 2. The number of nitrogens with zero attached hydrogens (tertiary/aromatic N) is 1. The Morgan fingerprint density at radius 2 is 2.00 bits per heavy atom. The number of benzene rings is 1. The van der Waals surface area contributed by atoms with Gasteiger partial charge >= 0.3 is 0 Å². The van der Waals surface area contributed by atoms with Gasteiger partial charge in [0.25, 0.3) is 0 Å². The first-order valence-electron chi connectivity index (χ1n) is 7.11. The molecule has 2 aliphatic rings. The molecule has 0 amide bonds. The zero-order chi connectivity index (χ0) is 15.0. The van der Waals surface area contributed by atoms with Crippen molar-refractivity contribution >= 4 is 26.0 Å². The third-order valence-electron chi connectivity index (χ3n) is 4.24. The summed E-state index contributed by atoms with van der Waals surface area (Å²) in [6, 6.07) is 5.18. The topological polar surface area (TPSA) is 58.6 Å². The van der Waals surface area contributed by atoms with E-state index in [9.17, 15) is 8.42 Å². The lowest BCUT2D eigenvalue weighted by Crippen LogP contribution is -2.42. The van der Waals surface area contributed by atoms with Crippen LogP contribution in [0.25, 0.3) is 0 Å². The molecule has 1 aromatic rings. The van der Waals surface area contributed by atoms with Crippen molar-refractivity contribution in [2.45, 2.75) is 36.2 Å². The molecular weight excluding hydrogens is 356 g/mol. The van der Waals surface area contributed by atoms with Crippen LogP contribution in [0.5, 0.6) is 5.75 Å². The fourth-order valence-electron chi connectivity index (χ4n) is 3.26. The molecule has 5 nitrogen and oxygen atoms in total. The normalized spacial score (nSPS) is 26.6. The summed E-state index contributed by atoms with van der Waals surface area (Å²) in [5, 5.41) is 3.33. The average Bonchev–Trinajstić information content (AvgIpc) is 2.72. The van der Waals surface area contributed by atoms with Crippen LogP contribution < -0.4 is 10.1 Å². The predicted molar refractivity (Wildman–Crippen MR) is 84.0 cm³/mol. The molecule has 0 aromatic heterocycles. The molecule has 7 heteroatoms. The van der Waals surface area contributed by atoms with Crippen molar-refractivity contribution in [2.24, 2.45) is 0 Å². The zero-order valence-corrected chi connectivity index (χ0v) is 14.3. The Balaban J connectivity index is 2.02. The molecule has 2 saturated heterocycles. The van der Waals surface area contributed by atoms with Crippen LogP contribution in [0, 0.1) is 0 Å². The fraction of sp³-hybridized carbons (Fsp3) is 0.571. The monoisotopic (exact) mass is 374 g/mol. The van der Waals surface area contributed by atoms with E-state index in [0.717, 1.165) is 32.4 Å². The van der Waals surface area contributed by atoms with Gasteiger partial charge in [-0.05, 0) is 37.9 Å². The summed E-state index contributed by atoms with van der Waals surface area (Å²) in [7, 11) is -1.95. The molecule has 3 rings (SSSR count). The van der Waals surface area contributed by atoms with Crippen molar-refractivity contribution in [3.05, 3.63) is 22.7 Å². The van der Waals surface area contributed by atoms with Crippen LogP contribution in [0.4, 0.5) is 0 Å². The van der Waals surface area contributed by atoms with Gasteiger partial charge in [-0.1, -0.05) is 15.9 Å². The molecule has 0 radical (unpaired) electrons. The number of sulfonamides is 1. The van der Waals surface area contributed by atoms with Gasteiger partial charge in [-0.15, -0.1) is 0 Å². The van der Waals surface area contributed by atoms with Gasteiger partial charge in [-0.25, -0.2) is 8.42 Å². The Kier molecular flexibility index (Phi) is 4.27. The summed E-state index contributed by atoms with van der Waals surface area (Å²) in [5.74, 6) is 0.545. The highest BCUT2D eigenvalue weighted by Crippen LogP contribution is 2.35. The van der Waals surface area contributed by atoms with Crippen LogP contribution in [0.3, 0.4) is 0 Å². The van der Waals surface area contributed by atoms with Gasteiger partial charge < -0.3 is 10.1 Å². The number of nitrogens with one attached hydrogen (secondary N) is 1. The molecule has 2 heterocycles. The van der Waals surface area contributed by atoms with E-state index in [-0.39, 0.29) is 12.1 Å². The average molecular weight is 375 g/mol. The van der Waals surface area contributed by atoms with Gasteiger partial charge in [0.15, 0.2) is 0 Å². The lowest BCUT2D eigenvalue weighted by atomic mass is 10.1. The number of rotatable bonds is 3. The summed E-state index contributed by atoms with van der Waals surface area (Å²) in [6.45, 7) is 1.62. The van der Waals surface area contributed by atoms with Crippen LogP contribution in [0.2, 0.25) is 0 Å². The molecule has 0 spiro atoms. The van der Waals surface area contributed by atoms with Gasteiger partial charge in [0.05, 0.1) is 12.0 Å². The van der Waals surface area contributed by atoms with Crippen LogP contribution in [0.1, 0.15) is 19.3 Å². The molecule has 2 aliphatic heterocycles. The largest absolute Gasteiger partial charge is 0.497 e. The maximum absolute atomic E-state index is 13.0. The predicted octanol–water partition coefficient (Wildman–Crippen LogP) is 1.97. The van der Waals surface area contributed by atoms with E-state index in [1.807, 2.05) is 0 Å². The summed E-state index contributed by atoms with van der Waals surface area (Å²) in [4.78, 5) is 0.299. The van der Waals surface area contributed by atoms with Crippen molar-refractivity contribution in [3.63, 3.8) is 0 Å². The van der Waals surface area contributed by atoms with Gasteiger partial charge in [0.2, 0.25) is 10.0 Å². The molecular formula is C14H19BrN2O3S. The van der Waals surface area contributed by atoms with Crippen LogP contribution in [-0.4, -0.2) is 45.0 Å². The second-order valence-electron chi connectivity index (χ2n) is 5.54. The lowest BCUT2D eigenvalue weighted by Gasteiger charge is -2.27. The third kappa shape index (κ3) is 2.84. The molecule has 0 aliphatic carbocycles. The molecule has 21 heavy (non-hydrogen) atoms. The quantitative estimate of drug-likeness (QED) is 0.878. The Morgan fingerprint density at radius 1 is 1.24 bits per heavy atom. The minimum absolute atomic E-state index is 0.0625. The number of hydrogen-bond acceptors (Lipinski definition) is 4. The van der Waals surface area contributed by atoms with E-state index < -0.39 is 10.0 Å². The van der Waals surface area contributed by atoms with E-state index in [1.54, 1.807) is 22.5 Å². The van der Waals surface area contributed by atoms with Gasteiger partial charge in [-0.2, -0.15) is 4.31 Å². The van der Waals surface area contributed by atoms with E-state index in [1.165, 1.54) is 7.11 Å². The lowest BCUT2D eigenvalue weighted by molar-refractivity contribution is 0.334. The Bertz CT molecular complexity index is 621. The smallest absolute Gasteiger partial charge is 0.243 e. The van der Waals surface area contributed by atoms with Crippen LogP contribution >= 0.6 is 15.9 Å².